The average Bonchev–Trinajstić information content (AvgIpc) is 2.74. The van der Waals surface area contributed by atoms with Crippen LogP contribution in [0.1, 0.15) is 10.4 Å². The highest BCUT2D eigenvalue weighted by Crippen LogP contribution is 2.22. The topological polar surface area (TPSA) is 99.2 Å². The van der Waals surface area contributed by atoms with Crippen LogP contribution in [0.25, 0.3) is 11.1 Å². The number of nitrogens with one attached hydrogen (secondary N) is 3. The Morgan fingerprint density at radius 2 is 1.59 bits per heavy atom. The molecule has 0 spiro atoms. The number of aromatic nitrogens is 2. The molecule has 148 valence electrons. The van der Waals surface area contributed by atoms with Gasteiger partial charge < -0.3 is 20.9 Å². The quantitative estimate of drug-likeness (QED) is 0.621. The number of carbonyl (C=O) groups excluding carboxylic acids is 2. The van der Waals surface area contributed by atoms with E-state index in [1.807, 2.05) is 24.3 Å². The zero-order chi connectivity index (χ0) is 20.8. The van der Waals surface area contributed by atoms with E-state index in [0.29, 0.717) is 22.8 Å². The first-order valence-electron chi connectivity index (χ1n) is 8.95. The lowest BCUT2D eigenvalue weighted by Crippen LogP contribution is -2.24. The van der Waals surface area contributed by atoms with Crippen LogP contribution in [0.4, 0.5) is 22.0 Å². The van der Waals surface area contributed by atoms with Crippen LogP contribution in [0, 0.1) is 0 Å². The minimum absolute atomic E-state index is 0.0315. The molecule has 2 heterocycles. The molecule has 3 aromatic rings. The number of amides is 3. The van der Waals surface area contributed by atoms with Crippen molar-refractivity contribution in [3.05, 3.63) is 66.6 Å². The van der Waals surface area contributed by atoms with Gasteiger partial charge in [0.2, 0.25) is 0 Å². The normalized spacial score (nSPS) is 10.2. The minimum Gasteiger partial charge on any atom is -0.345 e. The molecule has 0 aliphatic carbocycles. The zero-order valence-corrected chi connectivity index (χ0v) is 16.4. The fourth-order valence-electron chi connectivity index (χ4n) is 2.62. The summed E-state index contributed by atoms with van der Waals surface area (Å²) in [5, 5.41) is 8.31. The Morgan fingerprint density at radius 3 is 2.21 bits per heavy atom. The van der Waals surface area contributed by atoms with Crippen molar-refractivity contribution in [2.75, 3.05) is 31.8 Å². The van der Waals surface area contributed by atoms with Crippen LogP contribution >= 0.6 is 0 Å². The van der Waals surface area contributed by atoms with Crippen LogP contribution < -0.4 is 16.0 Å². The first-order chi connectivity index (χ1) is 14.0. The van der Waals surface area contributed by atoms with E-state index in [-0.39, 0.29) is 11.9 Å². The van der Waals surface area contributed by atoms with Gasteiger partial charge in [0.15, 0.2) is 0 Å². The third kappa shape index (κ3) is 5.07. The second kappa shape index (κ2) is 8.83. The number of carbonyl (C=O) groups is 2. The lowest BCUT2D eigenvalue weighted by molar-refractivity contribution is 0.0827. The highest BCUT2D eigenvalue weighted by atomic mass is 16.2. The monoisotopic (exact) mass is 390 g/mol. The maximum absolute atomic E-state index is 12.0. The Kier molecular flexibility index (Phi) is 6.03. The van der Waals surface area contributed by atoms with Gasteiger partial charge in [0, 0.05) is 38.5 Å². The Morgan fingerprint density at radius 1 is 0.897 bits per heavy atom. The van der Waals surface area contributed by atoms with Crippen LogP contribution in [-0.2, 0) is 0 Å². The summed E-state index contributed by atoms with van der Waals surface area (Å²) in [5.41, 5.74) is 3.82. The van der Waals surface area contributed by atoms with Crippen LogP contribution in [0.15, 0.2) is 61.1 Å². The van der Waals surface area contributed by atoms with E-state index in [9.17, 15) is 9.59 Å². The minimum atomic E-state index is -0.315. The van der Waals surface area contributed by atoms with E-state index >= 15 is 0 Å². The third-order valence-corrected chi connectivity index (χ3v) is 4.13. The first kappa shape index (κ1) is 19.8. The number of rotatable bonds is 5. The van der Waals surface area contributed by atoms with Gasteiger partial charge in [-0.3, -0.25) is 9.78 Å². The fourth-order valence-corrected chi connectivity index (χ4v) is 2.62. The second-order valence-corrected chi connectivity index (χ2v) is 6.50. The van der Waals surface area contributed by atoms with E-state index < -0.39 is 0 Å². The van der Waals surface area contributed by atoms with Crippen LogP contribution in [0.2, 0.25) is 0 Å². The molecule has 2 aromatic heterocycles. The van der Waals surface area contributed by atoms with Crippen LogP contribution in [-0.4, -0.2) is 47.9 Å². The molecule has 0 atom stereocenters. The molecule has 0 aliphatic rings. The maximum Gasteiger partial charge on any atom is 0.319 e. The van der Waals surface area contributed by atoms with Crippen molar-refractivity contribution < 1.29 is 9.59 Å². The third-order valence-electron chi connectivity index (χ3n) is 4.13. The van der Waals surface area contributed by atoms with Crippen molar-refractivity contribution in [3.63, 3.8) is 0 Å². The van der Waals surface area contributed by atoms with Crippen molar-refractivity contribution in [2.45, 2.75) is 0 Å². The largest absolute Gasteiger partial charge is 0.345 e. The summed E-state index contributed by atoms with van der Waals surface area (Å²) in [6.45, 7) is 0. The van der Waals surface area contributed by atoms with Gasteiger partial charge in [-0.15, -0.1) is 0 Å². The molecule has 8 nitrogen and oxygen atoms in total. The van der Waals surface area contributed by atoms with Crippen molar-refractivity contribution >= 4 is 29.1 Å². The van der Waals surface area contributed by atoms with Gasteiger partial charge in [-0.05, 0) is 35.9 Å². The lowest BCUT2D eigenvalue weighted by Gasteiger charge is -2.11. The van der Waals surface area contributed by atoms with Gasteiger partial charge in [-0.2, -0.15) is 0 Å². The Balaban J connectivity index is 1.70. The molecular formula is C21H22N6O2. The van der Waals surface area contributed by atoms with Crippen molar-refractivity contribution in [3.8, 4) is 11.1 Å². The molecule has 8 heteroatoms. The lowest BCUT2D eigenvalue weighted by atomic mass is 10.1. The summed E-state index contributed by atoms with van der Waals surface area (Å²) in [4.78, 5) is 33.5. The predicted molar refractivity (Wildman–Crippen MR) is 113 cm³/mol. The van der Waals surface area contributed by atoms with Crippen LogP contribution in [0.3, 0.4) is 0 Å². The number of hydrogen-bond donors (Lipinski definition) is 3. The van der Waals surface area contributed by atoms with Gasteiger partial charge in [0.05, 0.1) is 23.8 Å². The van der Waals surface area contributed by atoms with Gasteiger partial charge in [0.25, 0.3) is 5.91 Å². The highest BCUT2D eigenvalue weighted by Gasteiger charge is 2.08. The number of nitrogens with zero attached hydrogens (tertiary/aromatic N) is 3. The zero-order valence-electron chi connectivity index (χ0n) is 16.4. The molecular weight excluding hydrogens is 368 g/mol. The number of benzene rings is 1. The van der Waals surface area contributed by atoms with Gasteiger partial charge in [-0.1, -0.05) is 12.1 Å². The summed E-state index contributed by atoms with van der Waals surface area (Å²) in [6.07, 6.45) is 4.96. The molecule has 3 rings (SSSR count). The van der Waals surface area contributed by atoms with Crippen molar-refractivity contribution in [1.29, 1.82) is 0 Å². The number of anilines is 3. The number of urea groups is 1. The molecule has 29 heavy (non-hydrogen) atoms. The van der Waals surface area contributed by atoms with E-state index in [2.05, 4.69) is 25.9 Å². The molecule has 0 saturated heterocycles. The summed E-state index contributed by atoms with van der Waals surface area (Å²) >= 11 is 0. The van der Waals surface area contributed by atoms with E-state index in [1.54, 1.807) is 62.8 Å². The molecule has 1 aromatic carbocycles. The molecule has 0 saturated carbocycles. The second-order valence-electron chi connectivity index (χ2n) is 6.50. The smallest absolute Gasteiger partial charge is 0.319 e. The van der Waals surface area contributed by atoms with Crippen LogP contribution in [0.5, 0.6) is 0 Å². The fraction of sp³-hybridized carbons (Fsp3) is 0.143. The summed E-state index contributed by atoms with van der Waals surface area (Å²) < 4.78 is 0. The molecule has 3 N–H and O–H groups in total. The summed E-state index contributed by atoms with van der Waals surface area (Å²) in [6, 6.07) is 12.7. The summed E-state index contributed by atoms with van der Waals surface area (Å²) in [5.74, 6) is 0.614. The average molecular weight is 390 g/mol. The highest BCUT2D eigenvalue weighted by molar-refractivity contribution is 5.94. The molecule has 3 amide bonds. The molecule has 0 bridgehead atoms. The van der Waals surface area contributed by atoms with E-state index in [4.69, 9.17) is 0 Å². The molecule has 0 unspecified atom stereocenters. The first-order valence-corrected chi connectivity index (χ1v) is 8.95. The Labute approximate surface area is 169 Å². The van der Waals surface area contributed by atoms with Crippen molar-refractivity contribution in [1.82, 2.24) is 20.2 Å². The Hall–Kier alpha value is -3.94. The van der Waals surface area contributed by atoms with E-state index in [1.165, 1.54) is 0 Å². The van der Waals surface area contributed by atoms with E-state index in [0.717, 1.165) is 11.1 Å². The number of hydrogen-bond acceptors (Lipinski definition) is 5. The maximum atomic E-state index is 12.0. The molecule has 0 radical (unpaired) electrons. The Bertz CT molecular complexity index is 1000. The predicted octanol–water partition coefficient (Wildman–Crippen LogP) is 3.34. The summed E-state index contributed by atoms with van der Waals surface area (Å²) in [7, 11) is 5.00. The molecule has 0 aliphatic heterocycles. The number of pyridine rings is 2. The van der Waals surface area contributed by atoms with Gasteiger partial charge >= 0.3 is 6.03 Å². The van der Waals surface area contributed by atoms with Gasteiger partial charge in [-0.25, -0.2) is 9.78 Å². The standard InChI is InChI=1S/C21H22N6O2/c1-22-21(29)26-18-10-17(12-23-13-18)25-19-9-8-16(11-24-19)14-4-6-15(7-5-14)20(28)27(2)3/h4-13H,1-3H3,(H,24,25)(H2,22,26,29). The molecule has 0 fully saturated rings. The van der Waals surface area contributed by atoms with Crippen molar-refractivity contribution in [2.24, 2.45) is 0 Å². The van der Waals surface area contributed by atoms with Gasteiger partial charge in [0.1, 0.15) is 5.82 Å². The SMILES string of the molecule is CNC(=O)Nc1cncc(Nc2ccc(-c3ccc(C(=O)N(C)C)cc3)cn2)c1.